The van der Waals surface area contributed by atoms with Gasteiger partial charge >= 0.3 is 0 Å². The van der Waals surface area contributed by atoms with Crippen molar-refractivity contribution >= 4 is 39.7 Å². The molecule has 0 saturated heterocycles. The van der Waals surface area contributed by atoms with Crippen molar-refractivity contribution in [2.45, 2.75) is 0 Å². The zero-order chi connectivity index (χ0) is 13.2. The largest absolute Gasteiger partial charge is 0.437 e. The first-order valence-electron chi connectivity index (χ1n) is 5.77. The molecule has 6 heteroatoms. The molecule has 0 amide bonds. The third-order valence-electron chi connectivity index (χ3n) is 2.49. The summed E-state index contributed by atoms with van der Waals surface area (Å²) in [4.78, 5) is 6.29. The molecule has 0 aliphatic rings. The Bertz CT molecular complexity index is 696. The molecule has 0 N–H and O–H groups in total. The lowest BCUT2D eigenvalue weighted by molar-refractivity contribution is 0.589. The molecule has 0 fully saturated rings. The second-order valence-electron chi connectivity index (χ2n) is 4.17. The van der Waals surface area contributed by atoms with E-state index in [0.717, 1.165) is 21.2 Å². The molecule has 96 valence electrons. The highest BCUT2D eigenvalue weighted by Crippen LogP contribution is 2.20. The first-order chi connectivity index (χ1) is 9.22. The summed E-state index contributed by atoms with van der Waals surface area (Å²) in [7, 11) is 3.88. The highest BCUT2D eigenvalue weighted by atomic mass is 32.1. The van der Waals surface area contributed by atoms with Crippen LogP contribution in [0.3, 0.4) is 0 Å². The Balaban J connectivity index is 1.84. The molecule has 19 heavy (non-hydrogen) atoms. The molecule has 2 aromatic heterocycles. The number of hydrogen-bond donors (Lipinski definition) is 0. The standard InChI is InChI=1S/C13H12N4OS/c1-17(2)13-16-15-12(19-13)8-7-11-14-9-5-3-4-6-10(9)18-11/h3-8H,1-2H3. The molecular weight excluding hydrogens is 260 g/mol. The third-order valence-corrected chi connectivity index (χ3v) is 3.55. The molecule has 1 aromatic carbocycles. The van der Waals surface area contributed by atoms with Crippen molar-refractivity contribution in [3.8, 4) is 0 Å². The number of nitrogens with zero attached hydrogens (tertiary/aromatic N) is 4. The van der Waals surface area contributed by atoms with Gasteiger partial charge in [-0.1, -0.05) is 23.5 Å². The van der Waals surface area contributed by atoms with Crippen LogP contribution in [0.5, 0.6) is 0 Å². The van der Waals surface area contributed by atoms with Crippen molar-refractivity contribution in [1.29, 1.82) is 0 Å². The van der Waals surface area contributed by atoms with Gasteiger partial charge < -0.3 is 9.32 Å². The number of para-hydroxylation sites is 2. The normalized spacial score (nSPS) is 11.5. The lowest BCUT2D eigenvalue weighted by atomic mass is 10.3. The molecule has 2 heterocycles. The Morgan fingerprint density at radius 3 is 2.74 bits per heavy atom. The topological polar surface area (TPSA) is 55.1 Å². The molecule has 3 rings (SSSR count). The van der Waals surface area contributed by atoms with Crippen molar-refractivity contribution < 1.29 is 4.42 Å². The van der Waals surface area contributed by atoms with Gasteiger partial charge in [-0.2, -0.15) is 0 Å². The zero-order valence-electron chi connectivity index (χ0n) is 10.6. The lowest BCUT2D eigenvalue weighted by Gasteiger charge is -2.03. The molecule has 0 aliphatic heterocycles. The summed E-state index contributed by atoms with van der Waals surface area (Å²) in [6.07, 6.45) is 3.66. The van der Waals surface area contributed by atoms with Crippen LogP contribution in [0.15, 0.2) is 28.7 Å². The minimum atomic E-state index is 0.572. The fraction of sp³-hybridized carbons (Fsp3) is 0.154. The summed E-state index contributed by atoms with van der Waals surface area (Å²) < 4.78 is 5.59. The Hall–Kier alpha value is -2.21. The number of benzene rings is 1. The number of fused-ring (bicyclic) bond motifs is 1. The van der Waals surface area contributed by atoms with Crippen molar-refractivity contribution in [3.05, 3.63) is 35.2 Å². The maximum Gasteiger partial charge on any atom is 0.220 e. The molecule has 0 unspecified atom stereocenters. The highest BCUT2D eigenvalue weighted by Gasteiger charge is 2.04. The number of hydrogen-bond acceptors (Lipinski definition) is 6. The van der Waals surface area contributed by atoms with Gasteiger partial charge in [-0.05, 0) is 18.2 Å². The molecule has 5 nitrogen and oxygen atoms in total. The molecule has 0 saturated carbocycles. The molecular formula is C13H12N4OS. The minimum Gasteiger partial charge on any atom is -0.437 e. The molecule has 0 bridgehead atoms. The van der Waals surface area contributed by atoms with E-state index >= 15 is 0 Å². The summed E-state index contributed by atoms with van der Waals surface area (Å²) in [6.45, 7) is 0. The Labute approximate surface area is 114 Å². The van der Waals surface area contributed by atoms with Crippen molar-refractivity contribution in [1.82, 2.24) is 15.2 Å². The minimum absolute atomic E-state index is 0.572. The van der Waals surface area contributed by atoms with E-state index in [1.165, 1.54) is 11.3 Å². The fourth-order valence-corrected chi connectivity index (χ4v) is 2.25. The number of oxazole rings is 1. The molecule has 0 atom stereocenters. The average Bonchev–Trinajstić information content (AvgIpc) is 3.02. The molecule has 0 aliphatic carbocycles. The van der Waals surface area contributed by atoms with Crippen LogP contribution in [0.4, 0.5) is 5.13 Å². The number of rotatable bonds is 3. The van der Waals surface area contributed by atoms with E-state index in [1.54, 1.807) is 6.08 Å². The Kier molecular flexibility index (Phi) is 3.00. The van der Waals surface area contributed by atoms with Crippen LogP contribution in [0.25, 0.3) is 23.3 Å². The van der Waals surface area contributed by atoms with Gasteiger partial charge in [0, 0.05) is 20.2 Å². The van der Waals surface area contributed by atoms with E-state index in [-0.39, 0.29) is 0 Å². The molecule has 0 radical (unpaired) electrons. The predicted octanol–water partition coefficient (Wildman–Crippen LogP) is 2.92. The summed E-state index contributed by atoms with van der Waals surface area (Å²) in [5.74, 6) is 0.572. The van der Waals surface area contributed by atoms with Crippen LogP contribution < -0.4 is 4.90 Å². The SMILES string of the molecule is CN(C)c1nnc(C=Cc2nc3ccccc3o2)s1. The van der Waals surface area contributed by atoms with Crippen LogP contribution in [0.1, 0.15) is 10.9 Å². The summed E-state index contributed by atoms with van der Waals surface area (Å²) >= 11 is 1.51. The van der Waals surface area contributed by atoms with E-state index in [0.29, 0.717) is 5.89 Å². The van der Waals surface area contributed by atoms with E-state index < -0.39 is 0 Å². The van der Waals surface area contributed by atoms with Gasteiger partial charge in [0.15, 0.2) is 5.58 Å². The van der Waals surface area contributed by atoms with E-state index in [2.05, 4.69) is 15.2 Å². The van der Waals surface area contributed by atoms with Crippen molar-refractivity contribution in [2.24, 2.45) is 0 Å². The van der Waals surface area contributed by atoms with Gasteiger partial charge in [0.25, 0.3) is 0 Å². The van der Waals surface area contributed by atoms with Gasteiger partial charge in [-0.3, -0.25) is 0 Å². The second-order valence-corrected chi connectivity index (χ2v) is 5.16. The number of aromatic nitrogens is 3. The van der Waals surface area contributed by atoms with Crippen LogP contribution in [0.2, 0.25) is 0 Å². The number of anilines is 1. The summed E-state index contributed by atoms with van der Waals surface area (Å²) in [5, 5.41) is 9.84. The summed E-state index contributed by atoms with van der Waals surface area (Å²) in [5.41, 5.74) is 1.64. The first-order valence-corrected chi connectivity index (χ1v) is 6.58. The second kappa shape index (κ2) is 4.81. The Morgan fingerprint density at radius 2 is 2.00 bits per heavy atom. The van der Waals surface area contributed by atoms with Gasteiger partial charge in [-0.15, -0.1) is 10.2 Å². The van der Waals surface area contributed by atoms with Crippen molar-refractivity contribution in [3.63, 3.8) is 0 Å². The lowest BCUT2D eigenvalue weighted by Crippen LogP contribution is -2.07. The molecule has 3 aromatic rings. The maximum atomic E-state index is 5.59. The average molecular weight is 272 g/mol. The highest BCUT2D eigenvalue weighted by molar-refractivity contribution is 7.16. The van der Waals surface area contributed by atoms with Crippen LogP contribution >= 0.6 is 11.3 Å². The van der Waals surface area contributed by atoms with Gasteiger partial charge in [0.05, 0.1) is 0 Å². The van der Waals surface area contributed by atoms with E-state index in [1.807, 2.05) is 49.3 Å². The van der Waals surface area contributed by atoms with E-state index in [9.17, 15) is 0 Å². The Morgan fingerprint density at radius 1 is 1.16 bits per heavy atom. The summed E-state index contributed by atoms with van der Waals surface area (Å²) in [6, 6.07) is 7.68. The predicted molar refractivity (Wildman–Crippen MR) is 77.2 cm³/mol. The third kappa shape index (κ3) is 2.48. The van der Waals surface area contributed by atoms with Crippen molar-refractivity contribution in [2.75, 3.05) is 19.0 Å². The van der Waals surface area contributed by atoms with Crippen LogP contribution in [-0.2, 0) is 0 Å². The van der Waals surface area contributed by atoms with Crippen LogP contribution in [-0.4, -0.2) is 29.3 Å². The first kappa shape index (κ1) is 11.9. The molecule has 0 spiro atoms. The van der Waals surface area contributed by atoms with Gasteiger partial charge in [-0.25, -0.2) is 4.98 Å². The van der Waals surface area contributed by atoms with Crippen LogP contribution in [0, 0.1) is 0 Å². The van der Waals surface area contributed by atoms with Gasteiger partial charge in [0.1, 0.15) is 10.5 Å². The zero-order valence-corrected chi connectivity index (χ0v) is 11.4. The smallest absolute Gasteiger partial charge is 0.220 e. The quantitative estimate of drug-likeness (QED) is 0.733. The fourth-order valence-electron chi connectivity index (χ4n) is 1.58. The van der Waals surface area contributed by atoms with Gasteiger partial charge in [0.2, 0.25) is 11.0 Å². The van der Waals surface area contributed by atoms with E-state index in [4.69, 9.17) is 4.42 Å². The maximum absolute atomic E-state index is 5.59. The monoisotopic (exact) mass is 272 g/mol.